The molecule has 3 aliphatic rings. The summed E-state index contributed by atoms with van der Waals surface area (Å²) in [6.45, 7) is 8.84. The van der Waals surface area contributed by atoms with E-state index in [0.717, 1.165) is 63.3 Å². The molecule has 0 amide bonds. The van der Waals surface area contributed by atoms with Crippen LogP contribution in [0.4, 0.5) is 11.4 Å². The summed E-state index contributed by atoms with van der Waals surface area (Å²) in [7, 11) is -13.5. The predicted octanol–water partition coefficient (Wildman–Crippen LogP) is 6.83. The van der Waals surface area contributed by atoms with E-state index in [1.807, 2.05) is 67.0 Å². The van der Waals surface area contributed by atoms with E-state index < -0.39 is 52.7 Å². The van der Waals surface area contributed by atoms with Crippen molar-refractivity contribution in [3.63, 3.8) is 0 Å². The Morgan fingerprint density at radius 1 is 0.818 bits per heavy atom. The molecule has 2 aliphatic heterocycles. The van der Waals surface area contributed by atoms with Crippen molar-refractivity contribution < 1.29 is 43.5 Å². The van der Waals surface area contributed by atoms with Gasteiger partial charge in [0.1, 0.15) is 16.7 Å². The van der Waals surface area contributed by atoms with Gasteiger partial charge in [-0.05, 0) is 97.4 Å². The maximum atomic E-state index is 11.8. The lowest BCUT2D eigenvalue weighted by Gasteiger charge is -2.27. The molecule has 0 N–H and O–H groups in total. The summed E-state index contributed by atoms with van der Waals surface area (Å²) in [5.74, 6) is -0.990. The van der Waals surface area contributed by atoms with E-state index in [9.17, 15) is 38.9 Å². The number of nitrogens with zero attached hydrogens (tertiary/aromatic N) is 2. The van der Waals surface area contributed by atoms with Crippen LogP contribution in [0.3, 0.4) is 0 Å². The minimum absolute atomic E-state index is 0.0824. The van der Waals surface area contributed by atoms with E-state index in [0.29, 0.717) is 23.4 Å². The fraction of sp³-hybridized carbons (Fsp3) is 0.375. The standard InChI is InChI=1S/C40H45ClN2O9S3/c1-39(2)32-12-5-6-13-33(32)42(22-8-24-53(44,45)46)35(39)20-15-27-10-7-11-28(38(27)41)16-21-36-40(3,4)37-31-18-17-30(55(50,51)52)26-29(31)14-19-34(37)43(36)23-9-25-54(47,48)49/h5-6,12-21,26H,7-11,22-25H2,1-4H3,(H2-,44,45,46,47,48,49,50,51,52)/p-2. The fourth-order valence-electron chi connectivity index (χ4n) is 8.22. The molecule has 3 aromatic rings. The monoisotopic (exact) mass is 826 g/mol. The number of halogens is 1. The molecular weight excluding hydrogens is 784 g/mol. The minimum Gasteiger partial charge on any atom is -0.748 e. The van der Waals surface area contributed by atoms with Crippen LogP contribution in [-0.4, -0.2) is 73.8 Å². The molecule has 15 heteroatoms. The van der Waals surface area contributed by atoms with Gasteiger partial charge in [-0.1, -0.05) is 61.9 Å². The summed E-state index contributed by atoms with van der Waals surface area (Å²) in [5.41, 5.74) is 6.27. The molecule has 0 spiro atoms. The van der Waals surface area contributed by atoms with Gasteiger partial charge in [-0.25, -0.2) is 25.3 Å². The lowest BCUT2D eigenvalue weighted by atomic mass is 9.78. The average Bonchev–Trinajstić information content (AvgIpc) is 3.43. The number of rotatable bonds is 12. The first kappa shape index (κ1) is 41.0. The molecule has 0 fully saturated rings. The van der Waals surface area contributed by atoms with Crippen LogP contribution in [0.15, 0.2) is 106 Å². The fourth-order valence-corrected chi connectivity index (χ4v) is 10.0. The van der Waals surface area contributed by atoms with Crippen LogP contribution in [0.1, 0.15) is 70.9 Å². The van der Waals surface area contributed by atoms with E-state index in [-0.39, 0.29) is 24.3 Å². The van der Waals surface area contributed by atoms with Gasteiger partial charge in [-0.2, -0.15) is 4.58 Å². The summed E-state index contributed by atoms with van der Waals surface area (Å²) in [5, 5.41) is 1.92. The highest BCUT2D eigenvalue weighted by atomic mass is 35.5. The SMILES string of the molecule is CC1(C)C(=CC=C2CCCC(C=CC3=[N+](CCCS(=O)(=O)[O-])c4ccc5cc(S(=O)(=O)[O-])ccc5c4C3(C)C)=C2Cl)N(CCCS(=O)(=O)[O-])c2ccccc21. The number of benzene rings is 3. The highest BCUT2D eigenvalue weighted by molar-refractivity contribution is 7.86. The van der Waals surface area contributed by atoms with Gasteiger partial charge in [-0.15, -0.1) is 0 Å². The zero-order valence-corrected chi connectivity index (χ0v) is 34.2. The van der Waals surface area contributed by atoms with Gasteiger partial charge in [0.15, 0.2) is 5.71 Å². The van der Waals surface area contributed by atoms with Gasteiger partial charge < -0.3 is 18.6 Å². The zero-order valence-electron chi connectivity index (χ0n) is 31.0. The van der Waals surface area contributed by atoms with Crippen LogP contribution in [0.2, 0.25) is 0 Å². The molecule has 0 aromatic heterocycles. The molecule has 294 valence electrons. The number of anilines is 1. The van der Waals surface area contributed by atoms with Crippen molar-refractivity contribution in [3.05, 3.63) is 112 Å². The molecule has 2 heterocycles. The topological polar surface area (TPSA) is 178 Å². The summed E-state index contributed by atoms with van der Waals surface area (Å²) in [6, 6.07) is 15.8. The van der Waals surface area contributed by atoms with Crippen molar-refractivity contribution in [3.8, 4) is 0 Å². The Kier molecular flexibility index (Phi) is 11.2. The lowest BCUT2D eigenvalue weighted by molar-refractivity contribution is -0.437. The Balaban J connectivity index is 1.37. The molecule has 6 rings (SSSR count). The van der Waals surface area contributed by atoms with E-state index in [1.165, 1.54) is 12.1 Å². The number of hydrogen-bond donors (Lipinski definition) is 0. The minimum atomic E-state index is -4.68. The Bertz CT molecular complexity index is 2570. The molecule has 0 unspecified atom stereocenters. The number of allylic oxidation sites excluding steroid dienone is 8. The highest BCUT2D eigenvalue weighted by Crippen LogP contribution is 2.48. The third-order valence-electron chi connectivity index (χ3n) is 10.8. The quantitative estimate of drug-likeness (QED) is 0.139. The van der Waals surface area contributed by atoms with Crippen LogP contribution in [0.25, 0.3) is 10.8 Å². The summed E-state index contributed by atoms with van der Waals surface area (Å²) < 4.78 is 106. The van der Waals surface area contributed by atoms with Crippen molar-refractivity contribution in [2.45, 2.75) is 75.5 Å². The van der Waals surface area contributed by atoms with Crippen LogP contribution < -0.4 is 4.90 Å². The molecule has 3 aromatic carbocycles. The lowest BCUT2D eigenvalue weighted by Crippen LogP contribution is -2.28. The molecule has 55 heavy (non-hydrogen) atoms. The second-order valence-electron chi connectivity index (χ2n) is 15.3. The normalized spacial score (nSPS) is 20.0. The molecule has 0 saturated heterocycles. The first-order valence-electron chi connectivity index (χ1n) is 18.0. The Hall–Kier alpha value is -3.63. The molecule has 0 bridgehead atoms. The Morgan fingerprint density at radius 3 is 2.20 bits per heavy atom. The van der Waals surface area contributed by atoms with Gasteiger partial charge >= 0.3 is 0 Å². The molecule has 0 atom stereocenters. The first-order chi connectivity index (χ1) is 25.6. The van der Waals surface area contributed by atoms with Crippen molar-refractivity contribution in [2.75, 3.05) is 29.5 Å². The third-order valence-corrected chi connectivity index (χ3v) is 13.7. The van der Waals surface area contributed by atoms with E-state index in [1.54, 1.807) is 12.1 Å². The average molecular weight is 827 g/mol. The molecule has 1 aliphatic carbocycles. The maximum absolute atomic E-state index is 11.8. The van der Waals surface area contributed by atoms with Crippen molar-refractivity contribution in [2.24, 2.45) is 0 Å². The zero-order chi connectivity index (χ0) is 40.1. The van der Waals surface area contributed by atoms with Gasteiger partial charge in [0.2, 0.25) is 5.69 Å². The van der Waals surface area contributed by atoms with Gasteiger partial charge in [0, 0.05) is 64.0 Å². The van der Waals surface area contributed by atoms with Crippen molar-refractivity contribution >= 4 is 69.8 Å². The van der Waals surface area contributed by atoms with Crippen molar-refractivity contribution in [1.29, 1.82) is 0 Å². The van der Waals surface area contributed by atoms with E-state index >= 15 is 0 Å². The first-order valence-corrected chi connectivity index (χ1v) is 22.9. The van der Waals surface area contributed by atoms with Crippen molar-refractivity contribution in [1.82, 2.24) is 0 Å². The Morgan fingerprint density at radius 2 is 1.51 bits per heavy atom. The van der Waals surface area contributed by atoms with Crippen LogP contribution >= 0.6 is 11.6 Å². The van der Waals surface area contributed by atoms with Gasteiger partial charge in [-0.3, -0.25) is 0 Å². The molecule has 0 saturated carbocycles. The number of hydrogen-bond acceptors (Lipinski definition) is 10. The summed E-state index contributed by atoms with van der Waals surface area (Å²) in [6.07, 6.45) is 10.5. The molecule has 11 nitrogen and oxygen atoms in total. The highest BCUT2D eigenvalue weighted by Gasteiger charge is 2.45. The van der Waals surface area contributed by atoms with Crippen LogP contribution in [0, 0.1) is 0 Å². The Labute approximate surface area is 328 Å². The van der Waals surface area contributed by atoms with E-state index in [4.69, 9.17) is 11.6 Å². The van der Waals surface area contributed by atoms with Crippen LogP contribution in [-0.2, 0) is 41.2 Å². The van der Waals surface area contributed by atoms with E-state index in [2.05, 4.69) is 24.8 Å². The molecular formula is C40H43ClN2O9S3-2. The second-order valence-corrected chi connectivity index (χ2v) is 20.1. The third kappa shape index (κ3) is 8.55. The maximum Gasteiger partial charge on any atom is 0.210 e. The number of fused-ring (bicyclic) bond motifs is 4. The second kappa shape index (κ2) is 15.0. The van der Waals surface area contributed by atoms with Gasteiger partial charge in [0.25, 0.3) is 0 Å². The largest absolute Gasteiger partial charge is 0.748 e. The predicted molar refractivity (Wildman–Crippen MR) is 212 cm³/mol. The summed E-state index contributed by atoms with van der Waals surface area (Å²) in [4.78, 5) is 1.74. The smallest absolute Gasteiger partial charge is 0.210 e. The van der Waals surface area contributed by atoms with Gasteiger partial charge in [0.05, 0.1) is 30.5 Å². The summed E-state index contributed by atoms with van der Waals surface area (Å²) >= 11 is 7.13. The number of para-hydroxylation sites is 1. The molecule has 0 radical (unpaired) electrons. The van der Waals surface area contributed by atoms with Crippen LogP contribution in [0.5, 0.6) is 0 Å².